The molecule has 7 nitrogen and oxygen atoms in total. The minimum Gasteiger partial charge on any atom is -0.363 e. The van der Waals surface area contributed by atoms with Crippen molar-refractivity contribution < 1.29 is 17.2 Å². The summed E-state index contributed by atoms with van der Waals surface area (Å²) in [6.07, 6.45) is 4.77. The van der Waals surface area contributed by atoms with Gasteiger partial charge in [0, 0.05) is 29.4 Å². The Hall–Kier alpha value is -2.62. The molecule has 28 heavy (non-hydrogen) atoms. The Kier molecular flexibility index (Phi) is 5.09. The SMILES string of the molecule is CC(C)(C)[C@@H](CS(C)(=O)=O)Nc1nc(-c2c[nH]c3ncc(F)cc23)ncc1F. The molecule has 0 aliphatic rings. The van der Waals surface area contributed by atoms with Crippen molar-refractivity contribution in [1.82, 2.24) is 19.9 Å². The number of hydrogen-bond acceptors (Lipinski definition) is 6. The van der Waals surface area contributed by atoms with Crippen molar-refractivity contribution in [3.63, 3.8) is 0 Å². The number of nitrogens with one attached hydrogen (secondary N) is 2. The van der Waals surface area contributed by atoms with Crippen LogP contribution in [0.3, 0.4) is 0 Å². The van der Waals surface area contributed by atoms with E-state index in [0.717, 1.165) is 18.6 Å². The van der Waals surface area contributed by atoms with Gasteiger partial charge >= 0.3 is 0 Å². The van der Waals surface area contributed by atoms with Gasteiger partial charge in [-0.25, -0.2) is 32.2 Å². The van der Waals surface area contributed by atoms with Gasteiger partial charge in [-0.2, -0.15) is 0 Å². The molecule has 0 bridgehead atoms. The van der Waals surface area contributed by atoms with Gasteiger partial charge in [0.1, 0.15) is 21.3 Å². The van der Waals surface area contributed by atoms with E-state index in [9.17, 15) is 17.2 Å². The summed E-state index contributed by atoms with van der Waals surface area (Å²) in [6, 6.07) is 0.706. The summed E-state index contributed by atoms with van der Waals surface area (Å²) >= 11 is 0. The highest BCUT2D eigenvalue weighted by atomic mass is 32.2. The molecule has 3 aromatic heterocycles. The second-order valence-electron chi connectivity index (χ2n) is 7.80. The average Bonchev–Trinajstić information content (AvgIpc) is 2.97. The standard InChI is InChI=1S/C18H21F2N5O2S/c1-18(2,3)14(9-28(4,26)27)24-17-13(20)8-23-16(25-17)12-7-22-15-11(12)5-10(19)6-21-15/h5-8,14H,9H2,1-4H3,(H,21,22)(H,23,24,25)/t14-/m1/s1. The van der Waals surface area contributed by atoms with Crippen molar-refractivity contribution in [2.75, 3.05) is 17.3 Å². The maximum absolute atomic E-state index is 14.4. The molecule has 0 aliphatic heterocycles. The maximum Gasteiger partial charge on any atom is 0.183 e. The normalized spacial score (nSPS) is 13.6. The minimum atomic E-state index is -3.31. The number of aromatic amines is 1. The highest BCUT2D eigenvalue weighted by molar-refractivity contribution is 7.90. The van der Waals surface area contributed by atoms with Crippen LogP contribution in [0.5, 0.6) is 0 Å². The van der Waals surface area contributed by atoms with Crippen molar-refractivity contribution in [1.29, 1.82) is 0 Å². The van der Waals surface area contributed by atoms with E-state index in [-0.39, 0.29) is 17.4 Å². The fraction of sp³-hybridized carbons (Fsp3) is 0.389. The molecule has 10 heteroatoms. The van der Waals surface area contributed by atoms with E-state index in [4.69, 9.17) is 0 Å². The van der Waals surface area contributed by atoms with E-state index in [1.807, 2.05) is 20.8 Å². The first-order chi connectivity index (χ1) is 12.9. The number of anilines is 1. The van der Waals surface area contributed by atoms with Crippen LogP contribution in [0.15, 0.2) is 24.7 Å². The van der Waals surface area contributed by atoms with Crippen molar-refractivity contribution in [3.8, 4) is 11.4 Å². The average molecular weight is 409 g/mol. The summed E-state index contributed by atoms with van der Waals surface area (Å²) in [5.41, 5.74) is 0.429. The smallest absolute Gasteiger partial charge is 0.183 e. The van der Waals surface area contributed by atoms with Crippen LogP contribution in [-0.4, -0.2) is 46.4 Å². The van der Waals surface area contributed by atoms with Crippen LogP contribution < -0.4 is 5.32 Å². The number of halogens is 2. The van der Waals surface area contributed by atoms with Crippen molar-refractivity contribution in [2.45, 2.75) is 26.8 Å². The van der Waals surface area contributed by atoms with E-state index >= 15 is 0 Å². The molecule has 0 amide bonds. The molecule has 0 saturated heterocycles. The maximum atomic E-state index is 14.4. The van der Waals surface area contributed by atoms with Crippen LogP contribution in [-0.2, 0) is 9.84 Å². The molecule has 0 radical (unpaired) electrons. The number of fused-ring (bicyclic) bond motifs is 1. The molecule has 150 valence electrons. The lowest BCUT2D eigenvalue weighted by Gasteiger charge is -2.31. The van der Waals surface area contributed by atoms with Gasteiger partial charge in [-0.15, -0.1) is 0 Å². The zero-order valence-electron chi connectivity index (χ0n) is 15.9. The molecule has 0 aromatic carbocycles. The minimum absolute atomic E-state index is 0.118. The van der Waals surface area contributed by atoms with E-state index in [1.165, 1.54) is 6.07 Å². The summed E-state index contributed by atoms with van der Waals surface area (Å²) in [4.78, 5) is 15.0. The van der Waals surface area contributed by atoms with Gasteiger partial charge < -0.3 is 10.3 Å². The van der Waals surface area contributed by atoms with Gasteiger partial charge in [-0.05, 0) is 11.5 Å². The Labute approximate surface area is 161 Å². The van der Waals surface area contributed by atoms with Crippen LogP contribution >= 0.6 is 0 Å². The third-order valence-corrected chi connectivity index (χ3v) is 5.25. The Balaban J connectivity index is 2.02. The molecule has 1 atom stereocenters. The van der Waals surface area contributed by atoms with Gasteiger partial charge in [-0.3, -0.25) is 0 Å². The molecule has 0 aliphatic carbocycles. The Morgan fingerprint density at radius 1 is 1.21 bits per heavy atom. The second kappa shape index (κ2) is 7.08. The molecular weight excluding hydrogens is 388 g/mol. The zero-order chi connectivity index (χ0) is 20.7. The van der Waals surface area contributed by atoms with Crippen LogP contribution in [0.1, 0.15) is 20.8 Å². The summed E-state index contributed by atoms with van der Waals surface area (Å²) in [6.45, 7) is 5.55. The first-order valence-corrected chi connectivity index (χ1v) is 10.6. The monoisotopic (exact) mass is 409 g/mol. The fourth-order valence-electron chi connectivity index (χ4n) is 2.74. The molecule has 0 unspecified atom stereocenters. The summed E-state index contributed by atoms with van der Waals surface area (Å²) < 4.78 is 51.5. The number of rotatable bonds is 5. The van der Waals surface area contributed by atoms with Gasteiger partial charge in [0.2, 0.25) is 0 Å². The van der Waals surface area contributed by atoms with Gasteiger partial charge in [0.25, 0.3) is 0 Å². The predicted molar refractivity (Wildman–Crippen MR) is 104 cm³/mol. The molecular formula is C18H21F2N5O2S. The zero-order valence-corrected chi connectivity index (χ0v) is 16.7. The highest BCUT2D eigenvalue weighted by Crippen LogP contribution is 2.29. The second-order valence-corrected chi connectivity index (χ2v) is 9.98. The Morgan fingerprint density at radius 3 is 2.57 bits per heavy atom. The highest BCUT2D eigenvalue weighted by Gasteiger charge is 2.29. The summed E-state index contributed by atoms with van der Waals surface area (Å²) in [5, 5.41) is 3.36. The summed E-state index contributed by atoms with van der Waals surface area (Å²) in [5.74, 6) is -1.37. The lowest BCUT2D eigenvalue weighted by atomic mass is 9.88. The number of hydrogen-bond donors (Lipinski definition) is 2. The molecule has 0 fully saturated rings. The summed E-state index contributed by atoms with van der Waals surface area (Å²) in [7, 11) is -3.31. The topological polar surface area (TPSA) is 101 Å². The van der Waals surface area contributed by atoms with Crippen molar-refractivity contribution >= 4 is 26.7 Å². The number of sulfone groups is 1. The number of nitrogens with zero attached hydrogens (tertiary/aromatic N) is 3. The number of H-pyrrole nitrogens is 1. The molecule has 2 N–H and O–H groups in total. The van der Waals surface area contributed by atoms with Gasteiger partial charge in [0.15, 0.2) is 17.5 Å². The largest absolute Gasteiger partial charge is 0.363 e. The Bertz CT molecular complexity index is 1120. The molecule has 3 heterocycles. The lowest BCUT2D eigenvalue weighted by molar-refractivity contribution is 0.358. The lowest BCUT2D eigenvalue weighted by Crippen LogP contribution is -2.40. The molecule has 0 saturated carbocycles. The number of pyridine rings is 1. The van der Waals surface area contributed by atoms with E-state index < -0.39 is 32.9 Å². The first-order valence-electron chi connectivity index (χ1n) is 8.54. The predicted octanol–water partition coefficient (Wildman–Crippen LogP) is 3.17. The van der Waals surface area contributed by atoms with E-state index in [2.05, 4.69) is 25.3 Å². The first kappa shape index (κ1) is 20.1. The van der Waals surface area contributed by atoms with Gasteiger partial charge in [-0.1, -0.05) is 20.8 Å². The quantitative estimate of drug-likeness (QED) is 0.671. The van der Waals surface area contributed by atoms with Crippen LogP contribution in [0.2, 0.25) is 0 Å². The van der Waals surface area contributed by atoms with Crippen molar-refractivity contribution in [3.05, 3.63) is 36.3 Å². The third-order valence-electron chi connectivity index (χ3n) is 4.31. The number of aromatic nitrogens is 4. The van der Waals surface area contributed by atoms with Crippen molar-refractivity contribution in [2.24, 2.45) is 5.41 Å². The molecule has 0 spiro atoms. The van der Waals surface area contributed by atoms with Crippen LogP contribution in [0.4, 0.5) is 14.6 Å². The molecule has 3 rings (SSSR count). The van der Waals surface area contributed by atoms with Gasteiger partial charge in [0.05, 0.1) is 18.1 Å². The van der Waals surface area contributed by atoms with E-state index in [0.29, 0.717) is 16.6 Å². The van der Waals surface area contributed by atoms with E-state index in [1.54, 1.807) is 6.20 Å². The molecule has 3 aromatic rings. The Morgan fingerprint density at radius 2 is 1.93 bits per heavy atom. The van der Waals surface area contributed by atoms with Crippen LogP contribution in [0, 0.1) is 17.0 Å². The van der Waals surface area contributed by atoms with Crippen LogP contribution in [0.25, 0.3) is 22.4 Å². The fourth-order valence-corrected chi connectivity index (χ4v) is 3.93. The third kappa shape index (κ3) is 4.44.